The molecule has 2 fully saturated rings. The van der Waals surface area contributed by atoms with Crippen LogP contribution in [0.2, 0.25) is 10.0 Å². The molecule has 1 N–H and O–H groups in total. The molecule has 0 radical (unpaired) electrons. The molecule has 23 heavy (non-hydrogen) atoms. The number of benzene rings is 1. The summed E-state index contributed by atoms with van der Waals surface area (Å²) in [5, 5.41) is 8.93. The molecule has 2 aliphatic rings. The molecule has 2 heterocycles. The Morgan fingerprint density at radius 2 is 2.17 bits per heavy atom. The van der Waals surface area contributed by atoms with E-state index < -0.39 is 0 Å². The fourth-order valence-corrected chi connectivity index (χ4v) is 3.79. The number of hydrogen-bond donors (Lipinski definition) is 1. The molecule has 0 amide bonds. The average Bonchev–Trinajstić information content (AvgIpc) is 3.16. The lowest BCUT2D eigenvalue weighted by Crippen LogP contribution is -2.44. The first-order valence-electron chi connectivity index (χ1n) is 7.83. The molecule has 1 saturated carbocycles. The Balaban J connectivity index is 1.50. The number of likely N-dealkylation sites (N-methyl/N-ethyl adjacent to an activating group) is 1. The summed E-state index contributed by atoms with van der Waals surface area (Å²) in [6.07, 6.45) is 0.988. The second kappa shape index (κ2) is 6.06. The number of aromatic nitrogens is 2. The first-order chi connectivity index (χ1) is 11.1. The van der Waals surface area contributed by atoms with E-state index in [2.05, 4.69) is 27.4 Å². The molecular formula is C16H18Cl2N4O. The van der Waals surface area contributed by atoms with Crippen molar-refractivity contribution in [3.05, 3.63) is 45.5 Å². The smallest absolute Gasteiger partial charge is 0.230 e. The van der Waals surface area contributed by atoms with Gasteiger partial charge in [0.15, 0.2) is 5.82 Å². The zero-order valence-corrected chi connectivity index (χ0v) is 14.3. The first-order valence-corrected chi connectivity index (χ1v) is 8.58. The summed E-state index contributed by atoms with van der Waals surface area (Å²) in [5.74, 6) is 2.09. The normalized spacial score (nSPS) is 28.0. The highest BCUT2D eigenvalue weighted by Gasteiger charge is 2.45. The summed E-state index contributed by atoms with van der Waals surface area (Å²) >= 11 is 12.3. The molecule has 3 atom stereocenters. The molecule has 1 saturated heterocycles. The monoisotopic (exact) mass is 352 g/mol. The van der Waals surface area contributed by atoms with Crippen molar-refractivity contribution in [2.75, 3.05) is 26.7 Å². The number of nitrogens with one attached hydrogen (secondary N) is 1. The first kappa shape index (κ1) is 15.4. The Bertz CT molecular complexity index is 720. The van der Waals surface area contributed by atoms with E-state index in [1.807, 2.05) is 12.1 Å². The predicted molar refractivity (Wildman–Crippen MR) is 89.1 cm³/mol. The maximum atomic E-state index is 6.30. The number of hydrogen-bond acceptors (Lipinski definition) is 5. The zero-order chi connectivity index (χ0) is 16.0. The summed E-state index contributed by atoms with van der Waals surface area (Å²) in [4.78, 5) is 6.90. The molecule has 4 rings (SSSR count). The highest BCUT2D eigenvalue weighted by atomic mass is 35.5. The van der Waals surface area contributed by atoms with Crippen LogP contribution >= 0.6 is 23.2 Å². The summed E-state index contributed by atoms with van der Waals surface area (Å²) < 4.78 is 5.52. The van der Waals surface area contributed by atoms with Crippen molar-refractivity contribution in [2.45, 2.75) is 24.3 Å². The minimum absolute atomic E-state index is 0.178. The third kappa shape index (κ3) is 2.98. The van der Waals surface area contributed by atoms with Crippen LogP contribution in [-0.4, -0.2) is 41.7 Å². The van der Waals surface area contributed by atoms with Crippen molar-refractivity contribution < 1.29 is 4.52 Å². The van der Waals surface area contributed by atoms with Crippen LogP contribution in [0.25, 0.3) is 0 Å². The Kier molecular flexibility index (Phi) is 4.05. The lowest BCUT2D eigenvalue weighted by Gasteiger charge is -2.30. The van der Waals surface area contributed by atoms with E-state index in [9.17, 15) is 0 Å². The van der Waals surface area contributed by atoms with Gasteiger partial charge in [-0.05, 0) is 37.1 Å². The standard InChI is InChI=1S/C16H18Cl2N4O/c1-22-5-4-19-8-14(22)15-20-16(23-21-15)12-7-11(12)10-3-2-9(17)6-13(10)18/h2-3,6,11-12,14,19H,4-5,7-8H2,1H3. The summed E-state index contributed by atoms with van der Waals surface area (Å²) in [6, 6.07) is 5.83. The lowest BCUT2D eigenvalue weighted by atomic mass is 10.1. The average molecular weight is 353 g/mol. The molecule has 0 spiro atoms. The van der Waals surface area contributed by atoms with E-state index in [0.29, 0.717) is 16.0 Å². The van der Waals surface area contributed by atoms with Gasteiger partial charge in [-0.15, -0.1) is 0 Å². The van der Waals surface area contributed by atoms with Crippen molar-refractivity contribution in [2.24, 2.45) is 0 Å². The van der Waals surface area contributed by atoms with Crippen molar-refractivity contribution in [3.8, 4) is 0 Å². The molecule has 1 aliphatic heterocycles. The second-order valence-electron chi connectivity index (χ2n) is 6.31. The van der Waals surface area contributed by atoms with Crippen LogP contribution in [0.3, 0.4) is 0 Å². The van der Waals surface area contributed by atoms with Gasteiger partial charge in [0, 0.05) is 35.6 Å². The van der Waals surface area contributed by atoms with Crippen LogP contribution < -0.4 is 5.32 Å². The topological polar surface area (TPSA) is 54.2 Å². The number of nitrogens with zero attached hydrogens (tertiary/aromatic N) is 3. The van der Waals surface area contributed by atoms with E-state index in [4.69, 9.17) is 27.7 Å². The van der Waals surface area contributed by atoms with E-state index in [-0.39, 0.29) is 12.0 Å². The van der Waals surface area contributed by atoms with Crippen molar-refractivity contribution in [1.29, 1.82) is 0 Å². The van der Waals surface area contributed by atoms with Crippen LogP contribution in [-0.2, 0) is 0 Å². The minimum atomic E-state index is 0.178. The van der Waals surface area contributed by atoms with Gasteiger partial charge in [-0.3, -0.25) is 4.90 Å². The fraction of sp³-hybridized carbons (Fsp3) is 0.500. The predicted octanol–water partition coefficient (Wildman–Crippen LogP) is 3.22. The molecule has 2 aromatic rings. The van der Waals surface area contributed by atoms with E-state index in [1.165, 1.54) is 0 Å². The van der Waals surface area contributed by atoms with Gasteiger partial charge >= 0.3 is 0 Å². The van der Waals surface area contributed by atoms with Crippen molar-refractivity contribution in [1.82, 2.24) is 20.4 Å². The van der Waals surface area contributed by atoms with E-state index in [0.717, 1.165) is 43.3 Å². The van der Waals surface area contributed by atoms with Gasteiger partial charge < -0.3 is 9.84 Å². The summed E-state index contributed by atoms with van der Waals surface area (Å²) in [5.41, 5.74) is 1.11. The van der Waals surface area contributed by atoms with Crippen LogP contribution in [0.5, 0.6) is 0 Å². The Labute approximate surface area is 144 Å². The van der Waals surface area contributed by atoms with Gasteiger partial charge in [0.25, 0.3) is 0 Å². The van der Waals surface area contributed by atoms with Gasteiger partial charge in [-0.1, -0.05) is 34.4 Å². The maximum absolute atomic E-state index is 6.30. The summed E-state index contributed by atoms with van der Waals surface area (Å²) in [6.45, 7) is 2.84. The Morgan fingerprint density at radius 1 is 1.30 bits per heavy atom. The Hall–Kier alpha value is -1.14. The SMILES string of the molecule is CN1CCNCC1c1noc(C2CC2c2ccc(Cl)cc2Cl)n1. The lowest BCUT2D eigenvalue weighted by molar-refractivity contribution is 0.190. The second-order valence-corrected chi connectivity index (χ2v) is 7.15. The van der Waals surface area contributed by atoms with Crippen LogP contribution in [0.1, 0.15) is 41.6 Å². The molecule has 122 valence electrons. The molecule has 5 nitrogen and oxygen atoms in total. The highest BCUT2D eigenvalue weighted by molar-refractivity contribution is 6.35. The molecule has 0 bridgehead atoms. The van der Waals surface area contributed by atoms with Crippen molar-refractivity contribution in [3.63, 3.8) is 0 Å². The quantitative estimate of drug-likeness (QED) is 0.918. The summed E-state index contributed by atoms with van der Waals surface area (Å²) in [7, 11) is 2.09. The number of piperazine rings is 1. The van der Waals surface area contributed by atoms with Crippen molar-refractivity contribution >= 4 is 23.2 Å². The van der Waals surface area contributed by atoms with E-state index in [1.54, 1.807) is 6.07 Å². The minimum Gasteiger partial charge on any atom is -0.339 e. The maximum Gasteiger partial charge on any atom is 0.230 e. The van der Waals surface area contributed by atoms with Crippen LogP contribution in [0, 0.1) is 0 Å². The van der Waals surface area contributed by atoms with Gasteiger partial charge in [-0.2, -0.15) is 4.98 Å². The third-order valence-corrected chi connectivity index (χ3v) is 5.30. The van der Waals surface area contributed by atoms with Gasteiger partial charge in [0.05, 0.1) is 6.04 Å². The largest absolute Gasteiger partial charge is 0.339 e. The molecule has 3 unspecified atom stereocenters. The highest BCUT2D eigenvalue weighted by Crippen LogP contribution is 2.55. The van der Waals surface area contributed by atoms with Gasteiger partial charge in [0.2, 0.25) is 5.89 Å². The van der Waals surface area contributed by atoms with Crippen LogP contribution in [0.4, 0.5) is 0 Å². The zero-order valence-electron chi connectivity index (χ0n) is 12.8. The molecule has 7 heteroatoms. The van der Waals surface area contributed by atoms with E-state index >= 15 is 0 Å². The van der Waals surface area contributed by atoms with Gasteiger partial charge in [-0.25, -0.2) is 0 Å². The Morgan fingerprint density at radius 3 is 2.96 bits per heavy atom. The third-order valence-electron chi connectivity index (χ3n) is 4.74. The molecule has 1 aliphatic carbocycles. The van der Waals surface area contributed by atoms with Gasteiger partial charge in [0.1, 0.15) is 0 Å². The molecular weight excluding hydrogens is 335 g/mol. The molecule has 1 aromatic carbocycles. The molecule has 1 aromatic heterocycles. The fourth-order valence-electron chi connectivity index (χ4n) is 3.24. The van der Waals surface area contributed by atoms with Crippen LogP contribution in [0.15, 0.2) is 22.7 Å². The number of rotatable bonds is 3. The number of halogens is 2.